The molecule has 0 fully saturated rings. The van der Waals surface area contributed by atoms with Crippen LogP contribution >= 0.6 is 0 Å². The van der Waals surface area contributed by atoms with Crippen molar-refractivity contribution in [2.24, 2.45) is 0 Å². The maximum Gasteiger partial charge on any atom is 0.0942 e. The first-order valence-electron chi connectivity index (χ1n) is 6.27. The molecule has 0 unspecified atom stereocenters. The van der Waals surface area contributed by atoms with E-state index in [1.165, 1.54) is 11.1 Å². The Balaban J connectivity index is 1.99. The number of aryl methyl sites for hydroxylation is 2. The van der Waals surface area contributed by atoms with E-state index in [0.29, 0.717) is 0 Å². The van der Waals surface area contributed by atoms with E-state index >= 15 is 0 Å². The minimum atomic E-state index is 0.918. The number of nitrogens with zero attached hydrogens (tertiary/aromatic N) is 2. The molecule has 3 nitrogen and oxygen atoms in total. The number of aromatic nitrogens is 3. The SMILES string of the molecule is Cc1ccc(-c2cc(-c3cccnc3)n[nH]2)cc1C. The van der Waals surface area contributed by atoms with E-state index in [1.807, 2.05) is 18.3 Å². The highest BCUT2D eigenvalue weighted by molar-refractivity contribution is 5.68. The van der Waals surface area contributed by atoms with Gasteiger partial charge in [-0.3, -0.25) is 10.1 Å². The fraction of sp³-hybridized carbons (Fsp3) is 0.125. The molecule has 0 aliphatic carbocycles. The summed E-state index contributed by atoms with van der Waals surface area (Å²) < 4.78 is 0. The van der Waals surface area contributed by atoms with Crippen molar-refractivity contribution in [2.75, 3.05) is 0 Å². The molecular formula is C16H15N3. The van der Waals surface area contributed by atoms with Crippen molar-refractivity contribution in [2.45, 2.75) is 13.8 Å². The summed E-state index contributed by atoms with van der Waals surface area (Å²) in [6.45, 7) is 4.24. The Morgan fingerprint density at radius 2 is 1.84 bits per heavy atom. The summed E-state index contributed by atoms with van der Waals surface area (Å²) in [5.74, 6) is 0. The summed E-state index contributed by atoms with van der Waals surface area (Å²) in [5, 5.41) is 7.44. The zero-order valence-electron chi connectivity index (χ0n) is 11.0. The number of hydrogen-bond donors (Lipinski definition) is 1. The van der Waals surface area contributed by atoms with Gasteiger partial charge in [-0.25, -0.2) is 0 Å². The monoisotopic (exact) mass is 249 g/mol. The van der Waals surface area contributed by atoms with Crippen LogP contribution in [-0.4, -0.2) is 15.2 Å². The Morgan fingerprint density at radius 3 is 2.58 bits per heavy atom. The maximum atomic E-state index is 4.35. The summed E-state index contributed by atoms with van der Waals surface area (Å²) in [4.78, 5) is 4.11. The minimum Gasteiger partial charge on any atom is -0.277 e. The fourth-order valence-corrected chi connectivity index (χ4v) is 2.04. The van der Waals surface area contributed by atoms with Crippen molar-refractivity contribution in [3.05, 3.63) is 59.9 Å². The average Bonchev–Trinajstić information content (AvgIpc) is 2.93. The molecule has 94 valence electrons. The van der Waals surface area contributed by atoms with Crippen molar-refractivity contribution in [3.63, 3.8) is 0 Å². The van der Waals surface area contributed by atoms with Crippen molar-refractivity contribution >= 4 is 0 Å². The number of aromatic amines is 1. The van der Waals surface area contributed by atoms with E-state index in [-0.39, 0.29) is 0 Å². The first kappa shape index (κ1) is 11.7. The zero-order valence-corrected chi connectivity index (χ0v) is 11.0. The van der Waals surface area contributed by atoms with Gasteiger partial charge in [0.05, 0.1) is 11.4 Å². The minimum absolute atomic E-state index is 0.918. The lowest BCUT2D eigenvalue weighted by Crippen LogP contribution is -1.83. The molecule has 3 rings (SSSR count). The third kappa shape index (κ3) is 2.27. The molecule has 0 bridgehead atoms. The van der Waals surface area contributed by atoms with Crippen molar-refractivity contribution in [1.29, 1.82) is 0 Å². The number of rotatable bonds is 2. The lowest BCUT2D eigenvalue weighted by atomic mass is 10.0. The van der Waals surface area contributed by atoms with Gasteiger partial charge in [0.15, 0.2) is 0 Å². The number of pyridine rings is 1. The van der Waals surface area contributed by atoms with Gasteiger partial charge in [0.25, 0.3) is 0 Å². The maximum absolute atomic E-state index is 4.35. The quantitative estimate of drug-likeness (QED) is 0.751. The van der Waals surface area contributed by atoms with E-state index in [9.17, 15) is 0 Å². The highest BCUT2D eigenvalue weighted by Gasteiger charge is 2.06. The van der Waals surface area contributed by atoms with Crippen LogP contribution in [-0.2, 0) is 0 Å². The van der Waals surface area contributed by atoms with E-state index in [0.717, 1.165) is 22.5 Å². The summed E-state index contributed by atoms with van der Waals surface area (Å²) in [7, 11) is 0. The van der Waals surface area contributed by atoms with Crippen LogP contribution in [0.15, 0.2) is 48.8 Å². The predicted octanol–water partition coefficient (Wildman–Crippen LogP) is 3.76. The van der Waals surface area contributed by atoms with Gasteiger partial charge in [0.2, 0.25) is 0 Å². The standard InChI is InChI=1S/C16H15N3/c1-11-5-6-13(8-12(11)2)15-9-16(19-18-15)14-4-3-7-17-10-14/h3-10H,1-2H3,(H,18,19). The van der Waals surface area contributed by atoms with Crippen molar-refractivity contribution in [3.8, 4) is 22.5 Å². The summed E-state index contributed by atoms with van der Waals surface area (Å²) in [5.41, 5.74) is 6.72. The van der Waals surface area contributed by atoms with Crippen LogP contribution in [0.3, 0.4) is 0 Å². The van der Waals surface area contributed by atoms with Crippen LogP contribution in [0.2, 0.25) is 0 Å². The van der Waals surface area contributed by atoms with E-state index in [2.05, 4.69) is 53.3 Å². The first-order chi connectivity index (χ1) is 9.24. The first-order valence-corrected chi connectivity index (χ1v) is 6.27. The van der Waals surface area contributed by atoms with Gasteiger partial charge in [-0.2, -0.15) is 5.10 Å². The average molecular weight is 249 g/mol. The third-order valence-electron chi connectivity index (χ3n) is 3.35. The third-order valence-corrected chi connectivity index (χ3v) is 3.35. The van der Waals surface area contributed by atoms with Gasteiger partial charge in [-0.15, -0.1) is 0 Å². The summed E-state index contributed by atoms with van der Waals surface area (Å²) in [6.07, 6.45) is 3.58. The number of benzene rings is 1. The Kier molecular flexibility index (Phi) is 2.88. The molecule has 1 N–H and O–H groups in total. The van der Waals surface area contributed by atoms with Crippen LogP contribution < -0.4 is 0 Å². The van der Waals surface area contributed by atoms with E-state index < -0.39 is 0 Å². The Labute approximate surface area is 112 Å². The molecule has 0 aliphatic heterocycles. The van der Waals surface area contributed by atoms with Crippen LogP contribution in [0.25, 0.3) is 22.5 Å². The molecule has 0 aliphatic rings. The molecule has 19 heavy (non-hydrogen) atoms. The van der Waals surface area contributed by atoms with Crippen LogP contribution in [0.4, 0.5) is 0 Å². The molecule has 2 heterocycles. The largest absolute Gasteiger partial charge is 0.277 e. The number of nitrogens with one attached hydrogen (secondary N) is 1. The summed E-state index contributed by atoms with van der Waals surface area (Å²) in [6, 6.07) is 12.4. The van der Waals surface area contributed by atoms with E-state index in [4.69, 9.17) is 0 Å². The predicted molar refractivity (Wildman–Crippen MR) is 76.7 cm³/mol. The summed E-state index contributed by atoms with van der Waals surface area (Å²) >= 11 is 0. The van der Waals surface area contributed by atoms with Gasteiger partial charge in [-0.05, 0) is 54.8 Å². The Hall–Kier alpha value is -2.42. The second-order valence-electron chi connectivity index (χ2n) is 4.71. The van der Waals surface area contributed by atoms with Crippen LogP contribution in [0.1, 0.15) is 11.1 Å². The Bertz CT molecular complexity index is 699. The van der Waals surface area contributed by atoms with Gasteiger partial charge < -0.3 is 0 Å². The molecule has 3 aromatic rings. The van der Waals surface area contributed by atoms with Gasteiger partial charge >= 0.3 is 0 Å². The second-order valence-corrected chi connectivity index (χ2v) is 4.71. The molecule has 3 heteroatoms. The molecule has 0 saturated heterocycles. The second kappa shape index (κ2) is 4.69. The molecule has 2 aromatic heterocycles. The molecule has 0 amide bonds. The molecule has 0 saturated carbocycles. The lowest BCUT2D eigenvalue weighted by Gasteiger charge is -2.02. The van der Waals surface area contributed by atoms with Crippen LogP contribution in [0.5, 0.6) is 0 Å². The van der Waals surface area contributed by atoms with Gasteiger partial charge in [-0.1, -0.05) is 12.1 Å². The molecule has 1 aromatic carbocycles. The number of H-pyrrole nitrogens is 1. The van der Waals surface area contributed by atoms with Crippen molar-refractivity contribution in [1.82, 2.24) is 15.2 Å². The lowest BCUT2D eigenvalue weighted by molar-refractivity contribution is 1.10. The van der Waals surface area contributed by atoms with Gasteiger partial charge in [0.1, 0.15) is 0 Å². The van der Waals surface area contributed by atoms with Crippen molar-refractivity contribution < 1.29 is 0 Å². The highest BCUT2D eigenvalue weighted by atomic mass is 15.1. The fourth-order valence-electron chi connectivity index (χ4n) is 2.04. The normalized spacial score (nSPS) is 10.6. The molecule has 0 radical (unpaired) electrons. The molecule has 0 atom stereocenters. The van der Waals surface area contributed by atoms with E-state index in [1.54, 1.807) is 6.20 Å². The zero-order chi connectivity index (χ0) is 13.2. The smallest absolute Gasteiger partial charge is 0.0942 e. The molecular weight excluding hydrogens is 234 g/mol. The topological polar surface area (TPSA) is 41.6 Å². The molecule has 0 spiro atoms. The van der Waals surface area contributed by atoms with Crippen LogP contribution in [0, 0.1) is 13.8 Å². The number of hydrogen-bond acceptors (Lipinski definition) is 2. The Morgan fingerprint density at radius 1 is 0.947 bits per heavy atom. The highest BCUT2D eigenvalue weighted by Crippen LogP contribution is 2.24. The van der Waals surface area contributed by atoms with Gasteiger partial charge in [0, 0.05) is 18.0 Å².